The standard InChI is InChI=1S/C9H12O/c1-2-6-4-8-5-7(3-1)9(6)10-8/h6,8H,1-5H2. The van der Waals surface area contributed by atoms with E-state index in [0.29, 0.717) is 6.10 Å². The Hall–Kier alpha value is -0.460. The highest BCUT2D eigenvalue weighted by Gasteiger charge is 2.41. The van der Waals surface area contributed by atoms with Crippen molar-refractivity contribution in [2.24, 2.45) is 5.92 Å². The molecule has 54 valence electrons. The van der Waals surface area contributed by atoms with Crippen molar-refractivity contribution in [3.05, 3.63) is 11.3 Å². The molecule has 1 aliphatic carbocycles. The first-order valence-corrected chi connectivity index (χ1v) is 4.32. The van der Waals surface area contributed by atoms with Gasteiger partial charge in [0.15, 0.2) is 0 Å². The summed E-state index contributed by atoms with van der Waals surface area (Å²) in [6.45, 7) is 0. The topological polar surface area (TPSA) is 9.23 Å². The highest BCUT2D eigenvalue weighted by atomic mass is 16.5. The predicted octanol–water partition coefficient (Wildman–Crippen LogP) is 2.23. The zero-order valence-corrected chi connectivity index (χ0v) is 6.10. The summed E-state index contributed by atoms with van der Waals surface area (Å²) in [7, 11) is 0. The molecule has 0 amide bonds. The quantitative estimate of drug-likeness (QED) is 0.496. The molecule has 3 aliphatic rings. The van der Waals surface area contributed by atoms with Gasteiger partial charge in [-0.2, -0.15) is 0 Å². The minimum absolute atomic E-state index is 0.607. The molecule has 1 fully saturated rings. The molecule has 2 unspecified atom stereocenters. The fourth-order valence-corrected chi connectivity index (χ4v) is 2.66. The van der Waals surface area contributed by atoms with Gasteiger partial charge in [0.25, 0.3) is 0 Å². The van der Waals surface area contributed by atoms with Crippen molar-refractivity contribution in [2.75, 3.05) is 0 Å². The number of allylic oxidation sites excluding steroid dienone is 1. The third kappa shape index (κ3) is 0.494. The Labute approximate surface area is 61.1 Å². The third-order valence-corrected chi connectivity index (χ3v) is 3.07. The van der Waals surface area contributed by atoms with Gasteiger partial charge >= 0.3 is 0 Å². The minimum Gasteiger partial charge on any atom is -0.494 e. The highest BCUT2D eigenvalue weighted by molar-refractivity contribution is 5.24. The van der Waals surface area contributed by atoms with Gasteiger partial charge in [0.05, 0.1) is 5.76 Å². The summed E-state index contributed by atoms with van der Waals surface area (Å²) in [4.78, 5) is 0. The fourth-order valence-electron chi connectivity index (χ4n) is 2.66. The lowest BCUT2D eigenvalue weighted by Crippen LogP contribution is -2.12. The molecule has 1 nitrogen and oxygen atoms in total. The maximum absolute atomic E-state index is 5.72. The molecule has 0 aromatic heterocycles. The van der Waals surface area contributed by atoms with E-state index in [1.54, 1.807) is 5.57 Å². The van der Waals surface area contributed by atoms with E-state index < -0.39 is 0 Å². The number of rotatable bonds is 0. The van der Waals surface area contributed by atoms with Gasteiger partial charge in [-0.25, -0.2) is 0 Å². The van der Waals surface area contributed by atoms with Crippen LogP contribution in [0.5, 0.6) is 0 Å². The Balaban J connectivity index is 2.08. The maximum Gasteiger partial charge on any atom is 0.103 e. The van der Waals surface area contributed by atoms with E-state index >= 15 is 0 Å². The van der Waals surface area contributed by atoms with Crippen LogP contribution >= 0.6 is 0 Å². The second kappa shape index (κ2) is 1.58. The van der Waals surface area contributed by atoms with Crippen LogP contribution < -0.4 is 0 Å². The molecule has 0 aromatic rings. The summed E-state index contributed by atoms with van der Waals surface area (Å²) in [5, 5.41) is 0. The first-order chi connectivity index (χ1) is 4.93. The summed E-state index contributed by atoms with van der Waals surface area (Å²) >= 11 is 0. The SMILES string of the molecule is C1CC2=C3OC(C2)CC3C1. The second-order valence-corrected chi connectivity index (χ2v) is 3.74. The van der Waals surface area contributed by atoms with E-state index in [0.717, 1.165) is 5.92 Å². The lowest BCUT2D eigenvalue weighted by atomic mass is 9.80. The van der Waals surface area contributed by atoms with Crippen LogP contribution in [0.4, 0.5) is 0 Å². The average molecular weight is 136 g/mol. The zero-order chi connectivity index (χ0) is 6.55. The molecular weight excluding hydrogens is 124 g/mol. The van der Waals surface area contributed by atoms with Crippen LogP contribution in [0.1, 0.15) is 32.1 Å². The first kappa shape index (κ1) is 5.22. The molecule has 2 atom stereocenters. The van der Waals surface area contributed by atoms with Crippen molar-refractivity contribution in [1.29, 1.82) is 0 Å². The summed E-state index contributed by atoms with van der Waals surface area (Å²) in [6, 6.07) is 0. The molecule has 1 saturated heterocycles. The number of ether oxygens (including phenoxy) is 1. The Morgan fingerprint density at radius 2 is 2.40 bits per heavy atom. The lowest BCUT2D eigenvalue weighted by Gasteiger charge is -2.20. The monoisotopic (exact) mass is 136 g/mol. The van der Waals surface area contributed by atoms with Crippen LogP contribution in [-0.4, -0.2) is 6.10 Å². The molecule has 2 heterocycles. The Kier molecular flexibility index (Phi) is 0.825. The zero-order valence-electron chi connectivity index (χ0n) is 6.10. The largest absolute Gasteiger partial charge is 0.494 e. The Morgan fingerprint density at radius 1 is 1.40 bits per heavy atom. The van der Waals surface area contributed by atoms with Crippen molar-refractivity contribution >= 4 is 0 Å². The number of hydrogen-bond donors (Lipinski definition) is 0. The van der Waals surface area contributed by atoms with Crippen molar-refractivity contribution < 1.29 is 4.74 Å². The van der Waals surface area contributed by atoms with Crippen LogP contribution in [0, 0.1) is 5.92 Å². The molecule has 10 heavy (non-hydrogen) atoms. The van der Waals surface area contributed by atoms with Crippen molar-refractivity contribution in [1.82, 2.24) is 0 Å². The van der Waals surface area contributed by atoms with E-state index in [4.69, 9.17) is 4.74 Å². The van der Waals surface area contributed by atoms with E-state index in [-0.39, 0.29) is 0 Å². The predicted molar refractivity (Wildman–Crippen MR) is 38.5 cm³/mol. The second-order valence-electron chi connectivity index (χ2n) is 3.74. The first-order valence-electron chi connectivity index (χ1n) is 4.32. The lowest BCUT2D eigenvalue weighted by molar-refractivity contribution is 0.188. The van der Waals surface area contributed by atoms with Gasteiger partial charge in [0.2, 0.25) is 0 Å². The molecule has 0 aromatic carbocycles. The fraction of sp³-hybridized carbons (Fsp3) is 0.778. The number of fused-ring (bicyclic) bond motifs is 1. The van der Waals surface area contributed by atoms with E-state index in [9.17, 15) is 0 Å². The molecule has 3 rings (SSSR count). The summed E-state index contributed by atoms with van der Waals surface area (Å²) in [5.74, 6) is 2.26. The third-order valence-electron chi connectivity index (χ3n) is 3.07. The van der Waals surface area contributed by atoms with Gasteiger partial charge in [-0.3, -0.25) is 0 Å². The van der Waals surface area contributed by atoms with Gasteiger partial charge < -0.3 is 4.74 Å². The molecule has 0 spiro atoms. The van der Waals surface area contributed by atoms with Crippen molar-refractivity contribution in [3.63, 3.8) is 0 Å². The van der Waals surface area contributed by atoms with Gasteiger partial charge in [-0.1, -0.05) is 0 Å². The molecule has 2 bridgehead atoms. The Morgan fingerprint density at radius 3 is 3.10 bits per heavy atom. The average Bonchev–Trinajstić information content (AvgIpc) is 2.40. The molecular formula is C9H12O. The van der Waals surface area contributed by atoms with Gasteiger partial charge in [-0.05, 0) is 31.3 Å². The molecule has 0 saturated carbocycles. The normalized spacial score (nSPS) is 42.4. The Bertz CT molecular complexity index is 203. The molecule has 2 aliphatic heterocycles. The van der Waals surface area contributed by atoms with Crippen LogP contribution in [0.3, 0.4) is 0 Å². The number of hydrogen-bond acceptors (Lipinski definition) is 1. The van der Waals surface area contributed by atoms with Crippen LogP contribution in [-0.2, 0) is 4.74 Å². The smallest absolute Gasteiger partial charge is 0.103 e. The maximum atomic E-state index is 5.72. The van der Waals surface area contributed by atoms with E-state index in [1.807, 2.05) is 0 Å². The van der Waals surface area contributed by atoms with Gasteiger partial charge in [-0.15, -0.1) is 0 Å². The van der Waals surface area contributed by atoms with Crippen molar-refractivity contribution in [2.45, 2.75) is 38.2 Å². The van der Waals surface area contributed by atoms with Crippen LogP contribution in [0.25, 0.3) is 0 Å². The summed E-state index contributed by atoms with van der Waals surface area (Å²) < 4.78 is 5.72. The van der Waals surface area contributed by atoms with Gasteiger partial charge in [0.1, 0.15) is 6.10 Å². The van der Waals surface area contributed by atoms with E-state index in [2.05, 4.69) is 0 Å². The van der Waals surface area contributed by atoms with Crippen LogP contribution in [0.2, 0.25) is 0 Å². The summed E-state index contributed by atoms with van der Waals surface area (Å²) in [6.07, 6.45) is 7.36. The van der Waals surface area contributed by atoms with Crippen molar-refractivity contribution in [3.8, 4) is 0 Å². The highest BCUT2D eigenvalue weighted by Crippen LogP contribution is 2.48. The molecule has 1 heteroatoms. The van der Waals surface area contributed by atoms with Gasteiger partial charge in [0, 0.05) is 12.3 Å². The van der Waals surface area contributed by atoms with E-state index in [1.165, 1.54) is 37.9 Å². The summed E-state index contributed by atoms with van der Waals surface area (Å²) in [5.41, 5.74) is 1.66. The van der Waals surface area contributed by atoms with Crippen LogP contribution in [0.15, 0.2) is 11.3 Å². The minimum atomic E-state index is 0.607. The molecule has 0 radical (unpaired) electrons. The molecule has 0 N–H and O–H groups in total.